The molecule has 2 unspecified atom stereocenters. The van der Waals surface area contributed by atoms with Gasteiger partial charge < -0.3 is 8.83 Å². The lowest BCUT2D eigenvalue weighted by Gasteiger charge is -2.20. The van der Waals surface area contributed by atoms with Crippen LogP contribution in [0.15, 0.2) is 131 Å². The van der Waals surface area contributed by atoms with Crippen molar-refractivity contribution in [2.24, 2.45) is 0 Å². The van der Waals surface area contributed by atoms with E-state index in [0.717, 1.165) is 23.6 Å². The van der Waals surface area contributed by atoms with Crippen molar-refractivity contribution < 1.29 is 8.83 Å². The van der Waals surface area contributed by atoms with Crippen LogP contribution in [0.1, 0.15) is 56.7 Å². The van der Waals surface area contributed by atoms with Crippen LogP contribution >= 0.6 is 0 Å². The zero-order valence-electron chi connectivity index (χ0n) is 25.7. The summed E-state index contributed by atoms with van der Waals surface area (Å²) in [5, 5.41) is 0. The fourth-order valence-corrected chi connectivity index (χ4v) is 9.41. The highest BCUT2D eigenvalue weighted by molar-refractivity contribution is 6.37. The predicted octanol–water partition coefficient (Wildman–Crippen LogP) is 11.1. The molecule has 2 aliphatic rings. The molecule has 6 aromatic rings. The van der Waals surface area contributed by atoms with Crippen LogP contribution in [-0.2, 0) is 0 Å². The third-order valence-electron chi connectivity index (χ3n) is 9.62. The zero-order valence-corrected chi connectivity index (χ0v) is 26.8. The number of hydrogen-bond donors (Lipinski definition) is 0. The Hall–Kier alpha value is -4.86. The summed E-state index contributed by atoms with van der Waals surface area (Å²) in [6, 6.07) is 41.5. The molecule has 0 spiro atoms. The summed E-state index contributed by atoms with van der Waals surface area (Å²) in [6.45, 7) is 4.46. The Morgan fingerprint density at radius 2 is 0.956 bits per heavy atom. The monoisotopic (exact) mass is 599 g/mol. The Bertz CT molecular complexity index is 1880. The van der Waals surface area contributed by atoms with E-state index in [1.807, 2.05) is 12.1 Å². The molecular formula is C42H35O2Si. The minimum absolute atomic E-state index is 0.130. The third kappa shape index (κ3) is 4.88. The SMILES string of the molecule is Cc1ccc2c(c1-c1ccccc1)C=C(c1ccco1)C2C[SiH]CC1C(c2ccco2)=Cc2c1ccc(C)c2-c1ccccc1. The van der Waals surface area contributed by atoms with Crippen LogP contribution in [0, 0.1) is 13.8 Å². The van der Waals surface area contributed by atoms with Crippen molar-refractivity contribution in [1.82, 2.24) is 0 Å². The molecule has 2 aromatic heterocycles. The van der Waals surface area contributed by atoms with Gasteiger partial charge in [-0.05, 0) is 106 Å². The number of furan rings is 2. The quantitative estimate of drug-likeness (QED) is 0.163. The lowest BCUT2D eigenvalue weighted by molar-refractivity contribution is 0.549. The molecule has 0 fully saturated rings. The fourth-order valence-electron chi connectivity index (χ4n) is 7.54. The van der Waals surface area contributed by atoms with E-state index in [0.29, 0.717) is 11.8 Å². The van der Waals surface area contributed by atoms with Gasteiger partial charge in [0, 0.05) is 32.5 Å². The van der Waals surface area contributed by atoms with E-state index in [9.17, 15) is 0 Å². The lowest BCUT2D eigenvalue weighted by Crippen LogP contribution is -2.08. The van der Waals surface area contributed by atoms with Gasteiger partial charge in [-0.3, -0.25) is 0 Å². The van der Waals surface area contributed by atoms with Gasteiger partial charge >= 0.3 is 0 Å². The molecule has 45 heavy (non-hydrogen) atoms. The van der Waals surface area contributed by atoms with E-state index in [4.69, 9.17) is 8.83 Å². The van der Waals surface area contributed by atoms with Crippen molar-refractivity contribution in [3.8, 4) is 22.3 Å². The number of rotatable bonds is 8. The van der Waals surface area contributed by atoms with Gasteiger partial charge in [0.25, 0.3) is 0 Å². The Labute approximate surface area is 267 Å². The molecule has 4 aromatic carbocycles. The molecule has 0 saturated heterocycles. The Morgan fingerprint density at radius 1 is 0.511 bits per heavy atom. The van der Waals surface area contributed by atoms with Crippen molar-refractivity contribution in [2.75, 3.05) is 0 Å². The first kappa shape index (κ1) is 27.7. The standard InChI is InChI=1S/C42H35O2Si/c1-27-17-19-31-35(41(27)29-11-5-3-6-12-29)23-33(39-15-9-21-43-39)37(31)25-45-26-38-32-20-18-28(2)42(30-13-7-4-8-14-30)36(32)24-34(38)40-16-10-22-44-40/h3-24,37-38,45H,25-26H2,1-2H3. The van der Waals surface area contributed by atoms with Gasteiger partial charge in [-0.2, -0.15) is 0 Å². The lowest BCUT2D eigenvalue weighted by atomic mass is 9.90. The van der Waals surface area contributed by atoms with Crippen LogP contribution in [0.2, 0.25) is 12.1 Å². The molecule has 0 aliphatic heterocycles. The zero-order chi connectivity index (χ0) is 30.3. The molecule has 219 valence electrons. The van der Waals surface area contributed by atoms with E-state index in [1.54, 1.807) is 12.5 Å². The highest BCUT2D eigenvalue weighted by Crippen LogP contribution is 2.51. The Morgan fingerprint density at radius 3 is 1.36 bits per heavy atom. The molecule has 2 nitrogen and oxygen atoms in total. The maximum Gasteiger partial charge on any atom is 0.130 e. The summed E-state index contributed by atoms with van der Waals surface area (Å²) >= 11 is 0. The smallest absolute Gasteiger partial charge is 0.130 e. The maximum absolute atomic E-state index is 6.03. The molecule has 8 rings (SSSR count). The van der Waals surface area contributed by atoms with Gasteiger partial charge in [0.05, 0.1) is 12.5 Å². The maximum atomic E-state index is 6.03. The van der Waals surface area contributed by atoms with E-state index in [-0.39, 0.29) is 9.52 Å². The number of fused-ring (bicyclic) bond motifs is 2. The van der Waals surface area contributed by atoms with Crippen molar-refractivity contribution in [1.29, 1.82) is 0 Å². The average molecular weight is 600 g/mol. The second-order valence-electron chi connectivity index (χ2n) is 12.3. The van der Waals surface area contributed by atoms with Crippen LogP contribution < -0.4 is 0 Å². The van der Waals surface area contributed by atoms with Gasteiger partial charge in [-0.25, -0.2) is 0 Å². The third-order valence-corrected chi connectivity index (χ3v) is 11.2. The topological polar surface area (TPSA) is 26.3 Å². The Balaban J connectivity index is 1.14. The van der Waals surface area contributed by atoms with Gasteiger partial charge in [-0.1, -0.05) is 97.0 Å². The number of hydrogen-bond acceptors (Lipinski definition) is 2. The number of aryl methyl sites for hydroxylation is 2. The molecular weight excluding hydrogens is 565 g/mol. The molecule has 2 atom stereocenters. The highest BCUT2D eigenvalue weighted by Gasteiger charge is 2.33. The number of allylic oxidation sites excluding steroid dienone is 2. The molecule has 1 radical (unpaired) electrons. The molecule has 0 bridgehead atoms. The minimum Gasteiger partial charge on any atom is -0.465 e. The normalized spacial score (nSPS) is 16.8. The van der Waals surface area contributed by atoms with Gasteiger partial charge in [0.2, 0.25) is 0 Å². The van der Waals surface area contributed by atoms with Crippen LogP contribution in [0.5, 0.6) is 0 Å². The molecule has 0 saturated carbocycles. The van der Waals surface area contributed by atoms with E-state index < -0.39 is 0 Å². The summed E-state index contributed by atoms with van der Waals surface area (Å²) in [6.07, 6.45) is 8.41. The summed E-state index contributed by atoms with van der Waals surface area (Å²) in [7, 11) is 0.130. The van der Waals surface area contributed by atoms with E-state index >= 15 is 0 Å². The molecule has 0 amide bonds. The number of benzene rings is 4. The van der Waals surface area contributed by atoms with Crippen molar-refractivity contribution >= 4 is 32.8 Å². The van der Waals surface area contributed by atoms with Crippen molar-refractivity contribution in [2.45, 2.75) is 37.8 Å². The van der Waals surface area contributed by atoms with E-state index in [1.165, 1.54) is 66.8 Å². The van der Waals surface area contributed by atoms with Crippen molar-refractivity contribution in [3.63, 3.8) is 0 Å². The summed E-state index contributed by atoms with van der Waals surface area (Å²) in [5.41, 5.74) is 16.0. The average Bonchev–Trinajstić information content (AvgIpc) is 3.89. The van der Waals surface area contributed by atoms with Crippen LogP contribution in [-0.4, -0.2) is 9.52 Å². The van der Waals surface area contributed by atoms with Crippen LogP contribution in [0.3, 0.4) is 0 Å². The van der Waals surface area contributed by atoms with Gasteiger partial charge in [-0.15, -0.1) is 0 Å². The molecule has 0 N–H and O–H groups in total. The summed E-state index contributed by atoms with van der Waals surface area (Å²) in [5.74, 6) is 2.60. The fraction of sp³-hybridized carbons (Fsp3) is 0.143. The first-order valence-electron chi connectivity index (χ1n) is 15.9. The summed E-state index contributed by atoms with van der Waals surface area (Å²) in [4.78, 5) is 0. The second kappa shape index (κ2) is 11.6. The first-order chi connectivity index (χ1) is 22.2. The predicted molar refractivity (Wildman–Crippen MR) is 189 cm³/mol. The molecule has 2 aliphatic carbocycles. The molecule has 3 heteroatoms. The van der Waals surface area contributed by atoms with Crippen LogP contribution in [0.25, 0.3) is 45.6 Å². The van der Waals surface area contributed by atoms with Crippen molar-refractivity contribution in [3.05, 3.63) is 167 Å². The van der Waals surface area contributed by atoms with Gasteiger partial charge in [0.15, 0.2) is 0 Å². The molecule has 2 heterocycles. The second-order valence-corrected chi connectivity index (χ2v) is 13.8. The van der Waals surface area contributed by atoms with Crippen LogP contribution in [0.4, 0.5) is 0 Å². The highest BCUT2D eigenvalue weighted by atomic mass is 28.2. The van der Waals surface area contributed by atoms with Gasteiger partial charge in [0.1, 0.15) is 11.5 Å². The first-order valence-corrected chi connectivity index (χ1v) is 17.5. The Kier molecular flexibility index (Phi) is 7.11. The summed E-state index contributed by atoms with van der Waals surface area (Å²) < 4.78 is 12.1. The van der Waals surface area contributed by atoms with E-state index in [2.05, 4.69) is 123 Å². The minimum atomic E-state index is 0.130. The largest absolute Gasteiger partial charge is 0.465 e.